The van der Waals surface area contributed by atoms with Crippen LogP contribution in [0.2, 0.25) is 0 Å². The topological polar surface area (TPSA) is 67.6 Å². The zero-order valence-corrected chi connectivity index (χ0v) is 12.6. The van der Waals surface area contributed by atoms with E-state index in [1.807, 2.05) is 25.7 Å². The summed E-state index contributed by atoms with van der Waals surface area (Å²) in [7, 11) is 0. The molecule has 1 aliphatic heterocycles. The van der Waals surface area contributed by atoms with Crippen LogP contribution in [0.15, 0.2) is 0 Å². The molecule has 1 fully saturated rings. The van der Waals surface area contributed by atoms with Gasteiger partial charge in [-0.2, -0.15) is 0 Å². The molecule has 0 aromatic rings. The zero-order valence-electron chi connectivity index (χ0n) is 12.6. The van der Waals surface area contributed by atoms with E-state index in [2.05, 4.69) is 5.32 Å². The number of likely N-dealkylation sites (tertiary alicyclic amines) is 1. The van der Waals surface area contributed by atoms with E-state index < -0.39 is 5.60 Å². The Balaban J connectivity index is 2.34. The first kappa shape index (κ1) is 16.2. The van der Waals surface area contributed by atoms with Crippen LogP contribution in [-0.2, 0) is 4.74 Å². The van der Waals surface area contributed by atoms with E-state index in [9.17, 15) is 4.79 Å². The predicted octanol–water partition coefficient (Wildman–Crippen LogP) is 1.71. The molecule has 5 nitrogen and oxygen atoms in total. The molecule has 0 spiro atoms. The SMILES string of the molecule is CC(C)(C)OC(=O)N1CCCC(NCCCN)CC1. The largest absolute Gasteiger partial charge is 0.444 e. The summed E-state index contributed by atoms with van der Waals surface area (Å²) >= 11 is 0. The minimum Gasteiger partial charge on any atom is -0.444 e. The van der Waals surface area contributed by atoms with Gasteiger partial charge in [-0.1, -0.05) is 0 Å². The summed E-state index contributed by atoms with van der Waals surface area (Å²) in [6, 6.07) is 0.499. The molecule has 0 bridgehead atoms. The van der Waals surface area contributed by atoms with Crippen molar-refractivity contribution in [3.8, 4) is 0 Å². The Morgan fingerprint density at radius 2 is 2.11 bits per heavy atom. The molecule has 0 aromatic heterocycles. The van der Waals surface area contributed by atoms with E-state index in [4.69, 9.17) is 10.5 Å². The molecule has 5 heteroatoms. The van der Waals surface area contributed by atoms with Gasteiger partial charge in [0.05, 0.1) is 0 Å². The number of amides is 1. The Morgan fingerprint density at radius 3 is 2.74 bits per heavy atom. The molecule has 1 unspecified atom stereocenters. The van der Waals surface area contributed by atoms with Crippen LogP contribution in [0.25, 0.3) is 0 Å². The summed E-state index contributed by atoms with van der Waals surface area (Å²) in [5.41, 5.74) is 5.07. The van der Waals surface area contributed by atoms with Crippen LogP contribution in [-0.4, -0.2) is 48.8 Å². The Kier molecular flexibility index (Phi) is 6.58. The van der Waals surface area contributed by atoms with Crippen LogP contribution in [0.5, 0.6) is 0 Å². The summed E-state index contributed by atoms with van der Waals surface area (Å²) in [6.07, 6.45) is 3.95. The van der Waals surface area contributed by atoms with E-state index in [-0.39, 0.29) is 6.09 Å². The van der Waals surface area contributed by atoms with E-state index in [0.717, 1.165) is 51.9 Å². The molecule has 112 valence electrons. The van der Waals surface area contributed by atoms with Gasteiger partial charge in [0.15, 0.2) is 0 Å². The summed E-state index contributed by atoms with van der Waals surface area (Å²) in [6.45, 7) is 8.97. The van der Waals surface area contributed by atoms with Crippen LogP contribution in [0.4, 0.5) is 4.79 Å². The molecule has 1 aliphatic rings. The third-order valence-electron chi connectivity index (χ3n) is 3.19. The number of nitrogens with zero attached hydrogens (tertiary/aromatic N) is 1. The number of carbonyl (C=O) groups is 1. The molecule has 1 rings (SSSR count). The second kappa shape index (κ2) is 7.70. The molecule has 1 saturated heterocycles. The van der Waals surface area contributed by atoms with E-state index in [0.29, 0.717) is 6.04 Å². The van der Waals surface area contributed by atoms with Crippen molar-refractivity contribution in [1.82, 2.24) is 10.2 Å². The quantitative estimate of drug-likeness (QED) is 0.764. The number of nitrogens with two attached hydrogens (primary N) is 1. The molecular weight excluding hydrogens is 242 g/mol. The van der Waals surface area contributed by atoms with Crippen LogP contribution >= 0.6 is 0 Å². The first-order valence-corrected chi connectivity index (χ1v) is 7.34. The highest BCUT2D eigenvalue weighted by atomic mass is 16.6. The van der Waals surface area contributed by atoms with Gasteiger partial charge >= 0.3 is 6.09 Å². The summed E-state index contributed by atoms with van der Waals surface area (Å²) in [5, 5.41) is 3.51. The minimum atomic E-state index is -0.415. The van der Waals surface area contributed by atoms with Crippen molar-refractivity contribution in [3.05, 3.63) is 0 Å². The van der Waals surface area contributed by atoms with Crippen molar-refractivity contribution in [2.24, 2.45) is 5.73 Å². The van der Waals surface area contributed by atoms with Crippen LogP contribution in [0, 0.1) is 0 Å². The lowest BCUT2D eigenvalue weighted by Gasteiger charge is -2.26. The summed E-state index contributed by atoms with van der Waals surface area (Å²) in [4.78, 5) is 13.8. The van der Waals surface area contributed by atoms with Crippen molar-refractivity contribution >= 4 is 6.09 Å². The molecule has 19 heavy (non-hydrogen) atoms. The lowest BCUT2D eigenvalue weighted by molar-refractivity contribution is 0.0256. The standard InChI is InChI=1S/C14H29N3O2/c1-14(2,3)19-13(18)17-10-4-6-12(7-11-17)16-9-5-8-15/h12,16H,4-11,15H2,1-3H3. The van der Waals surface area contributed by atoms with E-state index in [1.54, 1.807) is 0 Å². The number of carbonyl (C=O) groups excluding carboxylic acids is 1. The van der Waals surface area contributed by atoms with Gasteiger partial charge in [-0.25, -0.2) is 4.79 Å². The van der Waals surface area contributed by atoms with Gasteiger partial charge in [0.1, 0.15) is 5.60 Å². The molecule has 0 saturated carbocycles. The highest BCUT2D eigenvalue weighted by Crippen LogP contribution is 2.15. The molecule has 0 aromatic carbocycles. The fourth-order valence-electron chi connectivity index (χ4n) is 2.22. The number of ether oxygens (including phenoxy) is 1. The molecule has 1 atom stereocenters. The maximum atomic E-state index is 12.0. The predicted molar refractivity (Wildman–Crippen MR) is 77.1 cm³/mol. The zero-order chi connectivity index (χ0) is 14.3. The molecule has 3 N–H and O–H groups in total. The van der Waals surface area contributed by atoms with Crippen molar-refractivity contribution < 1.29 is 9.53 Å². The number of nitrogens with one attached hydrogen (secondary N) is 1. The number of hydrogen-bond donors (Lipinski definition) is 2. The fourth-order valence-corrected chi connectivity index (χ4v) is 2.22. The van der Waals surface area contributed by atoms with Gasteiger partial charge in [0.25, 0.3) is 0 Å². The lowest BCUT2D eigenvalue weighted by Crippen LogP contribution is -2.38. The van der Waals surface area contributed by atoms with Gasteiger partial charge in [-0.15, -0.1) is 0 Å². The molecule has 1 heterocycles. The first-order chi connectivity index (χ1) is 8.92. The lowest BCUT2D eigenvalue weighted by atomic mass is 10.1. The fraction of sp³-hybridized carbons (Fsp3) is 0.929. The normalized spacial score (nSPS) is 21.1. The third-order valence-corrected chi connectivity index (χ3v) is 3.19. The molecule has 0 aliphatic carbocycles. The minimum absolute atomic E-state index is 0.185. The van der Waals surface area contributed by atoms with E-state index >= 15 is 0 Å². The van der Waals surface area contributed by atoms with Crippen molar-refractivity contribution in [3.63, 3.8) is 0 Å². The van der Waals surface area contributed by atoms with Gasteiger partial charge in [0, 0.05) is 19.1 Å². The van der Waals surface area contributed by atoms with E-state index in [1.165, 1.54) is 0 Å². The van der Waals surface area contributed by atoms with Gasteiger partial charge in [-0.3, -0.25) is 0 Å². The number of hydrogen-bond acceptors (Lipinski definition) is 4. The van der Waals surface area contributed by atoms with Crippen molar-refractivity contribution in [2.45, 2.75) is 58.1 Å². The average molecular weight is 271 g/mol. The third kappa shape index (κ3) is 6.78. The Hall–Kier alpha value is -0.810. The van der Waals surface area contributed by atoms with Crippen LogP contribution < -0.4 is 11.1 Å². The Morgan fingerprint density at radius 1 is 1.37 bits per heavy atom. The first-order valence-electron chi connectivity index (χ1n) is 7.34. The maximum Gasteiger partial charge on any atom is 0.410 e. The van der Waals surface area contributed by atoms with Gasteiger partial charge in [0.2, 0.25) is 0 Å². The van der Waals surface area contributed by atoms with Gasteiger partial charge in [-0.05, 0) is 59.5 Å². The highest BCUT2D eigenvalue weighted by molar-refractivity contribution is 5.68. The molecular formula is C14H29N3O2. The molecule has 0 radical (unpaired) electrons. The average Bonchev–Trinajstić information content (AvgIpc) is 2.53. The highest BCUT2D eigenvalue weighted by Gasteiger charge is 2.24. The maximum absolute atomic E-state index is 12.0. The second-order valence-corrected chi connectivity index (χ2v) is 6.19. The molecule has 1 amide bonds. The van der Waals surface area contributed by atoms with Crippen LogP contribution in [0.1, 0.15) is 46.5 Å². The monoisotopic (exact) mass is 271 g/mol. The second-order valence-electron chi connectivity index (χ2n) is 6.19. The van der Waals surface area contributed by atoms with Crippen molar-refractivity contribution in [1.29, 1.82) is 0 Å². The van der Waals surface area contributed by atoms with Gasteiger partial charge < -0.3 is 20.7 Å². The Bertz CT molecular complexity index is 276. The summed E-state index contributed by atoms with van der Waals surface area (Å²) in [5.74, 6) is 0. The summed E-state index contributed by atoms with van der Waals surface area (Å²) < 4.78 is 5.42. The van der Waals surface area contributed by atoms with Crippen LogP contribution in [0.3, 0.4) is 0 Å². The van der Waals surface area contributed by atoms with Crippen molar-refractivity contribution in [2.75, 3.05) is 26.2 Å². The smallest absolute Gasteiger partial charge is 0.410 e. The Labute approximate surface area is 116 Å². The number of rotatable bonds is 4.